The van der Waals surface area contributed by atoms with Gasteiger partial charge < -0.3 is 14.9 Å². The van der Waals surface area contributed by atoms with E-state index in [-0.39, 0.29) is 5.56 Å². The number of esters is 1. The maximum atomic E-state index is 12.3. The van der Waals surface area contributed by atoms with Crippen LogP contribution in [0, 0.1) is 10.7 Å². The molecule has 0 aliphatic heterocycles. The van der Waals surface area contributed by atoms with Crippen LogP contribution in [0.25, 0.3) is 0 Å². The average Bonchev–Trinajstić information content (AvgIpc) is 2.35. The number of hydrogen-bond donors (Lipinski definition) is 3. The van der Waals surface area contributed by atoms with Crippen molar-refractivity contribution < 1.29 is 34.1 Å². The van der Waals surface area contributed by atoms with Crippen LogP contribution in [0.5, 0.6) is 0 Å². The van der Waals surface area contributed by atoms with Crippen molar-refractivity contribution in [3.05, 3.63) is 28.4 Å². The Morgan fingerprint density at radius 1 is 1.04 bits per heavy atom. The molecular weight excluding hydrogens is 651 g/mol. The van der Waals surface area contributed by atoms with E-state index in [0.29, 0.717) is 7.14 Å². The molecule has 1 aromatic rings. The number of rotatable bonds is 5. The SMILES string of the molecule is CC(=O)NC(OC(=O)c1c(I)cc(I)cc1I)(C(=O)O)C(=O)O. The molecule has 0 saturated heterocycles. The molecule has 8 nitrogen and oxygen atoms in total. The van der Waals surface area contributed by atoms with Gasteiger partial charge in [-0.05, 0) is 79.9 Å². The van der Waals surface area contributed by atoms with Gasteiger partial charge in [-0.15, -0.1) is 0 Å². The van der Waals surface area contributed by atoms with Gasteiger partial charge in [0.2, 0.25) is 5.91 Å². The van der Waals surface area contributed by atoms with Gasteiger partial charge in [-0.1, -0.05) is 0 Å². The summed E-state index contributed by atoms with van der Waals surface area (Å²) in [4.78, 5) is 46.0. The molecule has 0 aromatic heterocycles. The third-order valence-electron chi connectivity index (χ3n) is 2.41. The number of benzene rings is 1. The summed E-state index contributed by atoms with van der Waals surface area (Å²) in [6, 6.07) is 3.28. The number of carboxylic acids is 2. The third kappa shape index (κ3) is 4.65. The number of ether oxygens (including phenoxy) is 1. The number of hydrogen-bond acceptors (Lipinski definition) is 5. The minimum absolute atomic E-state index is 0.0174. The molecule has 0 aliphatic carbocycles. The Bertz CT molecular complexity index is 667. The summed E-state index contributed by atoms with van der Waals surface area (Å²) in [7, 11) is 0. The highest BCUT2D eigenvalue weighted by atomic mass is 127. The normalized spacial score (nSPS) is 10.8. The molecule has 0 atom stereocenters. The van der Waals surface area contributed by atoms with Gasteiger partial charge in [-0.25, -0.2) is 14.4 Å². The van der Waals surface area contributed by atoms with Crippen LogP contribution in [0.3, 0.4) is 0 Å². The first-order valence-electron chi connectivity index (χ1n) is 5.64. The Kier molecular flexibility index (Phi) is 6.99. The van der Waals surface area contributed by atoms with Crippen LogP contribution in [-0.4, -0.2) is 39.8 Å². The van der Waals surface area contributed by atoms with Gasteiger partial charge in [0.05, 0.1) is 5.56 Å². The van der Waals surface area contributed by atoms with Gasteiger partial charge >= 0.3 is 23.6 Å². The second-order valence-electron chi connectivity index (χ2n) is 4.11. The van der Waals surface area contributed by atoms with Crippen LogP contribution in [-0.2, 0) is 19.1 Å². The first-order valence-corrected chi connectivity index (χ1v) is 8.88. The Labute approximate surface area is 170 Å². The van der Waals surface area contributed by atoms with Gasteiger partial charge in [0.25, 0.3) is 0 Å². The molecule has 11 heteroatoms. The molecule has 0 unspecified atom stereocenters. The fraction of sp³-hybridized carbons (Fsp3) is 0.167. The number of carbonyl (C=O) groups excluding carboxylic acids is 2. The number of amides is 1. The molecule has 124 valence electrons. The van der Waals surface area contributed by atoms with E-state index < -0.39 is 29.5 Å². The Morgan fingerprint density at radius 3 is 1.83 bits per heavy atom. The molecule has 1 rings (SSSR count). The number of halogens is 3. The van der Waals surface area contributed by atoms with E-state index in [1.807, 2.05) is 67.8 Å². The van der Waals surface area contributed by atoms with E-state index in [1.165, 1.54) is 0 Å². The van der Waals surface area contributed by atoms with E-state index in [4.69, 9.17) is 10.2 Å². The molecule has 0 saturated carbocycles. The molecule has 0 aliphatic rings. The van der Waals surface area contributed by atoms with Crippen molar-refractivity contribution in [3.63, 3.8) is 0 Å². The summed E-state index contributed by atoms with van der Waals surface area (Å²) >= 11 is 5.72. The van der Waals surface area contributed by atoms with Crippen molar-refractivity contribution in [2.75, 3.05) is 0 Å². The van der Waals surface area contributed by atoms with E-state index in [0.717, 1.165) is 10.5 Å². The van der Waals surface area contributed by atoms with Crippen LogP contribution in [0.1, 0.15) is 17.3 Å². The van der Waals surface area contributed by atoms with E-state index in [1.54, 1.807) is 17.4 Å². The van der Waals surface area contributed by atoms with Gasteiger partial charge in [-0.2, -0.15) is 0 Å². The molecule has 3 N–H and O–H groups in total. The molecule has 0 heterocycles. The Balaban J connectivity index is 3.34. The lowest BCUT2D eigenvalue weighted by atomic mass is 10.2. The standard InChI is InChI=1S/C12H8I3NO7/c1-4(17)16-12(10(19)20,11(21)22)23-9(18)8-6(14)2-5(13)3-7(8)15/h2-3H,1H3,(H,16,17)(H,19,20)(H,21,22). The Morgan fingerprint density at radius 2 is 1.48 bits per heavy atom. The smallest absolute Gasteiger partial charge is 0.382 e. The zero-order valence-electron chi connectivity index (χ0n) is 11.2. The van der Waals surface area contributed by atoms with Crippen molar-refractivity contribution in [1.29, 1.82) is 0 Å². The largest absolute Gasteiger partial charge is 0.476 e. The molecule has 0 radical (unpaired) electrons. The van der Waals surface area contributed by atoms with Crippen molar-refractivity contribution in [2.24, 2.45) is 0 Å². The number of carboxylic acid groups (broad SMARTS) is 2. The molecule has 0 fully saturated rings. The maximum absolute atomic E-state index is 12.3. The monoisotopic (exact) mass is 659 g/mol. The summed E-state index contributed by atoms with van der Waals surface area (Å²) in [5.41, 5.74) is -3.18. The highest BCUT2D eigenvalue weighted by molar-refractivity contribution is 14.1. The van der Waals surface area contributed by atoms with Gasteiger partial charge in [0, 0.05) is 17.6 Å². The predicted octanol–water partition coefficient (Wildman–Crippen LogP) is 1.66. The first-order chi connectivity index (χ1) is 10.5. The second-order valence-corrected chi connectivity index (χ2v) is 7.68. The highest BCUT2D eigenvalue weighted by Crippen LogP contribution is 2.25. The van der Waals surface area contributed by atoms with Crippen LogP contribution >= 0.6 is 67.8 Å². The highest BCUT2D eigenvalue weighted by Gasteiger charge is 2.52. The van der Waals surface area contributed by atoms with Crippen molar-refractivity contribution in [3.8, 4) is 0 Å². The van der Waals surface area contributed by atoms with Crippen molar-refractivity contribution in [1.82, 2.24) is 5.32 Å². The minimum atomic E-state index is -3.20. The minimum Gasteiger partial charge on any atom is -0.476 e. The zero-order chi connectivity index (χ0) is 17.9. The topological polar surface area (TPSA) is 130 Å². The predicted molar refractivity (Wildman–Crippen MR) is 102 cm³/mol. The van der Waals surface area contributed by atoms with Gasteiger partial charge in [-0.3, -0.25) is 10.1 Å². The van der Waals surface area contributed by atoms with Crippen LogP contribution in [0.15, 0.2) is 12.1 Å². The van der Waals surface area contributed by atoms with E-state index in [9.17, 15) is 19.2 Å². The fourth-order valence-electron chi connectivity index (χ4n) is 1.49. The van der Waals surface area contributed by atoms with E-state index >= 15 is 0 Å². The first kappa shape index (κ1) is 20.3. The number of nitrogens with one attached hydrogen (secondary N) is 1. The van der Waals surface area contributed by atoms with Gasteiger partial charge in [0.15, 0.2) is 0 Å². The Hall–Kier alpha value is -0.710. The van der Waals surface area contributed by atoms with Crippen LogP contribution in [0.2, 0.25) is 0 Å². The van der Waals surface area contributed by atoms with Crippen LogP contribution in [0.4, 0.5) is 0 Å². The summed E-state index contributed by atoms with van der Waals surface area (Å²) < 4.78 is 6.42. The number of aliphatic carboxylic acids is 2. The molecular formula is C12H8I3NO7. The third-order valence-corrected chi connectivity index (χ3v) is 4.74. The summed E-state index contributed by atoms with van der Waals surface area (Å²) in [5, 5.41) is 19.9. The quantitative estimate of drug-likeness (QED) is 0.190. The summed E-state index contributed by atoms with van der Waals surface area (Å²) in [6.07, 6.45) is 0. The van der Waals surface area contributed by atoms with Crippen LogP contribution < -0.4 is 5.32 Å². The van der Waals surface area contributed by atoms with E-state index in [2.05, 4.69) is 4.74 Å². The molecule has 0 spiro atoms. The molecule has 1 aromatic carbocycles. The van der Waals surface area contributed by atoms with Gasteiger partial charge in [0.1, 0.15) is 0 Å². The van der Waals surface area contributed by atoms with Crippen molar-refractivity contribution >= 4 is 91.6 Å². The zero-order valence-corrected chi connectivity index (χ0v) is 17.7. The molecule has 0 bridgehead atoms. The lowest BCUT2D eigenvalue weighted by Crippen LogP contribution is -2.62. The fourth-order valence-corrected chi connectivity index (χ4v) is 5.51. The summed E-state index contributed by atoms with van der Waals surface area (Å²) in [6.45, 7) is 0.910. The average molecular weight is 659 g/mol. The lowest BCUT2D eigenvalue weighted by Gasteiger charge is -2.25. The lowest BCUT2D eigenvalue weighted by molar-refractivity contribution is -0.182. The second kappa shape index (κ2) is 7.91. The summed E-state index contributed by atoms with van der Waals surface area (Å²) in [5.74, 6) is -6.20. The molecule has 23 heavy (non-hydrogen) atoms. The maximum Gasteiger partial charge on any atom is 0.382 e. The van der Waals surface area contributed by atoms with Crippen molar-refractivity contribution in [2.45, 2.75) is 12.6 Å². The number of carbonyl (C=O) groups is 4. The molecule has 1 amide bonds.